The van der Waals surface area contributed by atoms with Gasteiger partial charge in [0.25, 0.3) is 0 Å². The Balaban J connectivity index is 1.82. The van der Waals surface area contributed by atoms with Crippen LogP contribution in [-0.4, -0.2) is 31.1 Å². The van der Waals surface area contributed by atoms with Crippen molar-refractivity contribution in [2.75, 3.05) is 37.2 Å². The Morgan fingerprint density at radius 2 is 2.16 bits per heavy atom. The first-order chi connectivity index (χ1) is 9.19. The molecule has 0 bridgehead atoms. The smallest absolute Gasteiger partial charge is 0.101 e. The molecule has 1 aromatic carbocycles. The summed E-state index contributed by atoms with van der Waals surface area (Å²) in [4.78, 5) is 2.52. The van der Waals surface area contributed by atoms with Crippen LogP contribution in [0.3, 0.4) is 0 Å². The van der Waals surface area contributed by atoms with Gasteiger partial charge in [-0.15, -0.1) is 0 Å². The lowest BCUT2D eigenvalue weighted by atomic mass is 10.1. The highest BCUT2D eigenvalue weighted by Crippen LogP contribution is 2.17. The summed E-state index contributed by atoms with van der Waals surface area (Å²) in [6.45, 7) is 6.81. The zero-order chi connectivity index (χ0) is 13.7. The Bertz CT molecular complexity index is 458. The molecule has 0 saturated carbocycles. The minimum atomic E-state index is 0.539. The predicted octanol–water partition coefficient (Wildman–Crippen LogP) is 2.28. The number of benzene rings is 1. The summed E-state index contributed by atoms with van der Waals surface area (Å²) in [5.74, 6) is 0.598. The van der Waals surface area contributed by atoms with E-state index >= 15 is 0 Å². The molecule has 1 unspecified atom stereocenters. The average molecular weight is 258 g/mol. The van der Waals surface area contributed by atoms with Crippen LogP contribution in [0.15, 0.2) is 18.2 Å². The van der Waals surface area contributed by atoms with Gasteiger partial charge in [0.2, 0.25) is 0 Å². The van der Waals surface area contributed by atoms with Crippen LogP contribution in [0.1, 0.15) is 25.3 Å². The van der Waals surface area contributed by atoms with Gasteiger partial charge in [-0.2, -0.15) is 5.26 Å². The number of likely N-dealkylation sites (tertiary alicyclic amines) is 1. The summed E-state index contributed by atoms with van der Waals surface area (Å²) in [6, 6.07) is 7.64. The van der Waals surface area contributed by atoms with E-state index in [-0.39, 0.29) is 0 Å². The van der Waals surface area contributed by atoms with Crippen LogP contribution in [0.2, 0.25) is 0 Å². The first kappa shape index (κ1) is 13.7. The van der Waals surface area contributed by atoms with Gasteiger partial charge < -0.3 is 16.0 Å². The second-order valence-corrected chi connectivity index (χ2v) is 5.41. The highest BCUT2D eigenvalue weighted by molar-refractivity contribution is 5.61. The Kier molecular flexibility index (Phi) is 4.64. The van der Waals surface area contributed by atoms with Gasteiger partial charge >= 0.3 is 0 Å². The maximum absolute atomic E-state index is 8.95. The molecule has 1 aliphatic heterocycles. The number of anilines is 2. The number of nitrogens with two attached hydrogens (primary N) is 1. The second-order valence-electron chi connectivity index (χ2n) is 5.41. The number of hydrogen-bond donors (Lipinski definition) is 2. The summed E-state index contributed by atoms with van der Waals surface area (Å²) in [5, 5.41) is 12.3. The molecular formula is C15H22N4. The van der Waals surface area contributed by atoms with E-state index < -0.39 is 0 Å². The molecular weight excluding hydrogens is 236 g/mol. The SMILES string of the molecule is CC(CNc1ccc(N)c(C#N)c1)CN1CCCC1. The van der Waals surface area contributed by atoms with E-state index in [0.717, 1.165) is 18.8 Å². The van der Waals surface area contributed by atoms with E-state index in [2.05, 4.69) is 23.2 Å². The fourth-order valence-electron chi connectivity index (χ4n) is 2.53. The number of nitrogen functional groups attached to an aromatic ring is 1. The molecule has 102 valence electrons. The molecule has 3 N–H and O–H groups in total. The highest BCUT2D eigenvalue weighted by atomic mass is 15.1. The monoisotopic (exact) mass is 258 g/mol. The van der Waals surface area contributed by atoms with Crippen LogP contribution in [0.4, 0.5) is 11.4 Å². The van der Waals surface area contributed by atoms with Crippen LogP contribution in [0.5, 0.6) is 0 Å². The molecule has 0 spiro atoms. The molecule has 1 saturated heterocycles. The molecule has 1 atom stereocenters. The van der Waals surface area contributed by atoms with Crippen LogP contribution < -0.4 is 11.1 Å². The van der Waals surface area contributed by atoms with Crippen LogP contribution >= 0.6 is 0 Å². The molecule has 1 fully saturated rings. The summed E-state index contributed by atoms with van der Waals surface area (Å²) in [5.41, 5.74) is 7.76. The topological polar surface area (TPSA) is 65.1 Å². The fraction of sp³-hybridized carbons (Fsp3) is 0.533. The van der Waals surface area contributed by atoms with Crippen LogP contribution in [0, 0.1) is 17.2 Å². The Morgan fingerprint density at radius 3 is 2.84 bits per heavy atom. The molecule has 4 nitrogen and oxygen atoms in total. The summed E-state index contributed by atoms with van der Waals surface area (Å²) < 4.78 is 0. The molecule has 4 heteroatoms. The third kappa shape index (κ3) is 3.87. The molecule has 2 rings (SSSR count). The van der Waals surface area contributed by atoms with Gasteiger partial charge in [0.05, 0.1) is 5.56 Å². The number of rotatable bonds is 5. The fourth-order valence-corrected chi connectivity index (χ4v) is 2.53. The predicted molar refractivity (Wildman–Crippen MR) is 78.9 cm³/mol. The summed E-state index contributed by atoms with van der Waals surface area (Å²) in [7, 11) is 0. The van der Waals surface area contributed by atoms with E-state index in [0.29, 0.717) is 17.2 Å². The van der Waals surface area contributed by atoms with Crippen molar-refractivity contribution in [1.29, 1.82) is 5.26 Å². The molecule has 1 heterocycles. The molecule has 1 aliphatic rings. The largest absolute Gasteiger partial charge is 0.398 e. The van der Waals surface area contributed by atoms with Crippen molar-refractivity contribution < 1.29 is 0 Å². The minimum absolute atomic E-state index is 0.539. The Labute approximate surface area is 115 Å². The lowest BCUT2D eigenvalue weighted by Crippen LogP contribution is -2.28. The van der Waals surface area contributed by atoms with Crippen molar-refractivity contribution in [2.45, 2.75) is 19.8 Å². The average Bonchev–Trinajstić information content (AvgIpc) is 2.90. The molecule has 0 aliphatic carbocycles. The summed E-state index contributed by atoms with van der Waals surface area (Å²) in [6.07, 6.45) is 2.67. The molecule has 19 heavy (non-hydrogen) atoms. The Hall–Kier alpha value is -1.73. The van der Waals surface area contributed by atoms with Gasteiger partial charge in [-0.1, -0.05) is 6.92 Å². The van der Waals surface area contributed by atoms with Crippen LogP contribution in [-0.2, 0) is 0 Å². The zero-order valence-electron chi connectivity index (χ0n) is 11.5. The van der Waals surface area contributed by atoms with E-state index in [4.69, 9.17) is 11.0 Å². The zero-order valence-corrected chi connectivity index (χ0v) is 11.5. The van der Waals surface area contributed by atoms with Gasteiger partial charge in [-0.05, 0) is 50.0 Å². The molecule has 0 radical (unpaired) electrons. The van der Waals surface area contributed by atoms with Gasteiger partial charge in [0.1, 0.15) is 6.07 Å². The van der Waals surface area contributed by atoms with E-state index in [1.165, 1.54) is 25.9 Å². The van der Waals surface area contributed by atoms with Gasteiger partial charge in [0.15, 0.2) is 0 Å². The van der Waals surface area contributed by atoms with Crippen molar-refractivity contribution in [1.82, 2.24) is 4.90 Å². The number of nitrogens with zero attached hydrogens (tertiary/aromatic N) is 2. The minimum Gasteiger partial charge on any atom is -0.398 e. The lowest BCUT2D eigenvalue weighted by molar-refractivity contribution is 0.294. The lowest BCUT2D eigenvalue weighted by Gasteiger charge is -2.21. The van der Waals surface area contributed by atoms with Crippen molar-refractivity contribution in [2.24, 2.45) is 5.92 Å². The third-order valence-corrected chi connectivity index (χ3v) is 3.60. The van der Waals surface area contributed by atoms with E-state index in [1.54, 1.807) is 6.07 Å². The van der Waals surface area contributed by atoms with Crippen molar-refractivity contribution >= 4 is 11.4 Å². The van der Waals surface area contributed by atoms with Crippen molar-refractivity contribution in [3.8, 4) is 6.07 Å². The normalized spacial score (nSPS) is 17.1. The van der Waals surface area contributed by atoms with Crippen molar-refractivity contribution in [3.05, 3.63) is 23.8 Å². The van der Waals surface area contributed by atoms with Gasteiger partial charge in [-0.3, -0.25) is 0 Å². The van der Waals surface area contributed by atoms with Crippen LogP contribution in [0.25, 0.3) is 0 Å². The molecule has 1 aromatic rings. The standard InChI is InChI=1S/C15H22N4/c1-12(11-19-6-2-3-7-19)10-18-14-4-5-15(17)13(8-14)9-16/h4-5,8,12,18H,2-3,6-7,10-11,17H2,1H3. The first-order valence-corrected chi connectivity index (χ1v) is 6.95. The third-order valence-electron chi connectivity index (χ3n) is 3.60. The van der Waals surface area contributed by atoms with Gasteiger partial charge in [0, 0.05) is 24.5 Å². The maximum Gasteiger partial charge on any atom is 0.101 e. The number of hydrogen-bond acceptors (Lipinski definition) is 4. The molecule has 0 aromatic heterocycles. The molecule has 0 amide bonds. The quantitative estimate of drug-likeness (QED) is 0.795. The number of nitrogens with one attached hydrogen (secondary N) is 1. The maximum atomic E-state index is 8.95. The van der Waals surface area contributed by atoms with Gasteiger partial charge in [-0.25, -0.2) is 0 Å². The highest BCUT2D eigenvalue weighted by Gasteiger charge is 2.14. The summed E-state index contributed by atoms with van der Waals surface area (Å²) >= 11 is 0. The second kappa shape index (κ2) is 6.44. The van der Waals surface area contributed by atoms with E-state index in [9.17, 15) is 0 Å². The Morgan fingerprint density at radius 1 is 1.42 bits per heavy atom. The van der Waals surface area contributed by atoms with Crippen molar-refractivity contribution in [3.63, 3.8) is 0 Å². The van der Waals surface area contributed by atoms with E-state index in [1.807, 2.05) is 12.1 Å². The first-order valence-electron chi connectivity index (χ1n) is 6.95. The number of nitriles is 1.